The zero-order valence-electron chi connectivity index (χ0n) is 18.5. The van der Waals surface area contributed by atoms with Crippen molar-refractivity contribution in [2.24, 2.45) is 10.9 Å². The van der Waals surface area contributed by atoms with Gasteiger partial charge in [0.2, 0.25) is 0 Å². The van der Waals surface area contributed by atoms with E-state index in [9.17, 15) is 4.79 Å². The number of carbonyl (C=O) groups excluding carboxylic acids is 1. The van der Waals surface area contributed by atoms with Gasteiger partial charge >= 0.3 is 5.97 Å². The number of ether oxygens (including phenoxy) is 1. The highest BCUT2D eigenvalue weighted by molar-refractivity contribution is 14.0. The molecule has 0 bridgehead atoms. The van der Waals surface area contributed by atoms with Crippen LogP contribution in [0.4, 0.5) is 0 Å². The topological polar surface area (TPSA) is 57.2 Å². The summed E-state index contributed by atoms with van der Waals surface area (Å²) in [5.41, 5.74) is 2.65. The second-order valence-corrected chi connectivity index (χ2v) is 7.52. The molecule has 0 radical (unpaired) electrons. The summed E-state index contributed by atoms with van der Waals surface area (Å²) in [5, 5.41) is 3.53. The summed E-state index contributed by atoms with van der Waals surface area (Å²) in [6.45, 7) is 6.91. The van der Waals surface area contributed by atoms with Crippen molar-refractivity contribution in [3.63, 3.8) is 0 Å². The van der Waals surface area contributed by atoms with Gasteiger partial charge in [-0.1, -0.05) is 31.2 Å². The third kappa shape index (κ3) is 7.44. The summed E-state index contributed by atoms with van der Waals surface area (Å²) in [6, 6.07) is 9.12. The first kappa shape index (κ1) is 25.7. The van der Waals surface area contributed by atoms with E-state index in [-0.39, 0.29) is 41.9 Å². The van der Waals surface area contributed by atoms with Crippen LogP contribution >= 0.6 is 24.0 Å². The molecule has 29 heavy (non-hydrogen) atoms. The number of likely N-dealkylation sites (N-methyl/N-ethyl adjacent to an activating group) is 1. The largest absolute Gasteiger partial charge is 0.466 e. The molecule has 1 aliphatic rings. The number of hydrogen-bond acceptors (Lipinski definition) is 4. The lowest BCUT2D eigenvalue weighted by molar-refractivity contribution is -0.149. The van der Waals surface area contributed by atoms with Crippen LogP contribution < -0.4 is 5.32 Å². The Bertz CT molecular complexity index is 641. The Morgan fingerprint density at radius 3 is 2.34 bits per heavy atom. The molecule has 1 unspecified atom stereocenters. The van der Waals surface area contributed by atoms with Crippen molar-refractivity contribution < 1.29 is 9.53 Å². The number of nitrogens with zero attached hydrogens (tertiary/aromatic N) is 3. The van der Waals surface area contributed by atoms with E-state index in [1.165, 1.54) is 11.1 Å². The number of piperidine rings is 1. The Morgan fingerprint density at radius 2 is 1.86 bits per heavy atom. The molecule has 1 aliphatic heterocycles. The highest BCUT2D eigenvalue weighted by Crippen LogP contribution is 2.20. The van der Waals surface area contributed by atoms with E-state index in [4.69, 9.17) is 4.74 Å². The van der Waals surface area contributed by atoms with Crippen LogP contribution in [0.2, 0.25) is 0 Å². The van der Waals surface area contributed by atoms with Crippen LogP contribution in [0.1, 0.15) is 43.9 Å². The third-order valence-electron chi connectivity index (χ3n) is 5.48. The van der Waals surface area contributed by atoms with E-state index >= 15 is 0 Å². The Balaban J connectivity index is 0.00000420. The van der Waals surface area contributed by atoms with Gasteiger partial charge in [-0.3, -0.25) is 9.79 Å². The summed E-state index contributed by atoms with van der Waals surface area (Å²) in [6.07, 6.45) is 2.68. The molecule has 1 fully saturated rings. The van der Waals surface area contributed by atoms with E-state index < -0.39 is 0 Å². The fourth-order valence-electron chi connectivity index (χ4n) is 3.68. The minimum absolute atomic E-state index is 0. The summed E-state index contributed by atoms with van der Waals surface area (Å²) in [5.74, 6) is 0.855. The maximum absolute atomic E-state index is 11.9. The standard InChI is InChI=1S/C22H36N4O2.HI/c1-6-17-8-10-18(11-9-17)20(25(4)5)16-24-22(23-3)26-14-12-19(13-15-26)21(27)28-7-2;/h8-11,19-20H,6-7,12-16H2,1-5H3,(H,23,24);1H. The maximum atomic E-state index is 11.9. The number of aliphatic imine (C=N–C) groups is 1. The Labute approximate surface area is 193 Å². The van der Waals surface area contributed by atoms with Gasteiger partial charge in [-0.15, -0.1) is 24.0 Å². The van der Waals surface area contributed by atoms with Gasteiger partial charge in [-0.25, -0.2) is 0 Å². The molecule has 1 aromatic rings. The lowest BCUT2D eigenvalue weighted by Crippen LogP contribution is -2.48. The van der Waals surface area contributed by atoms with Crippen LogP contribution in [0.5, 0.6) is 0 Å². The number of hydrogen-bond donors (Lipinski definition) is 1. The molecule has 0 spiro atoms. The van der Waals surface area contributed by atoms with Crippen LogP contribution in [0.3, 0.4) is 0 Å². The van der Waals surface area contributed by atoms with Crippen LogP contribution in [-0.4, -0.2) is 69.1 Å². The number of aryl methyl sites for hydroxylation is 1. The number of nitrogens with one attached hydrogen (secondary N) is 1. The van der Waals surface area contributed by atoms with Gasteiger partial charge in [0.1, 0.15) is 0 Å². The first-order valence-corrected chi connectivity index (χ1v) is 10.4. The highest BCUT2D eigenvalue weighted by Gasteiger charge is 2.27. The molecule has 164 valence electrons. The normalized spacial score (nSPS) is 16.3. The van der Waals surface area contributed by atoms with Crippen molar-refractivity contribution in [3.05, 3.63) is 35.4 Å². The Hall–Kier alpha value is -1.35. The van der Waals surface area contributed by atoms with Gasteiger partial charge in [0, 0.05) is 26.7 Å². The van der Waals surface area contributed by atoms with E-state index in [0.717, 1.165) is 44.9 Å². The fourth-order valence-corrected chi connectivity index (χ4v) is 3.68. The summed E-state index contributed by atoms with van der Waals surface area (Å²) < 4.78 is 5.17. The predicted octanol–water partition coefficient (Wildman–Crippen LogP) is 3.32. The first-order chi connectivity index (χ1) is 13.5. The smallest absolute Gasteiger partial charge is 0.309 e. The van der Waals surface area contributed by atoms with Crippen molar-refractivity contribution in [3.8, 4) is 0 Å². The van der Waals surface area contributed by atoms with Gasteiger partial charge in [-0.05, 0) is 51.4 Å². The van der Waals surface area contributed by atoms with Crippen molar-refractivity contribution in [2.75, 3.05) is 47.4 Å². The van der Waals surface area contributed by atoms with Crippen molar-refractivity contribution in [2.45, 2.75) is 39.2 Å². The molecule has 0 aromatic heterocycles. The van der Waals surface area contributed by atoms with Crippen LogP contribution in [0, 0.1) is 5.92 Å². The Morgan fingerprint density at radius 1 is 1.24 bits per heavy atom. The SMILES string of the molecule is CCOC(=O)C1CCN(C(=NC)NCC(c2ccc(CC)cc2)N(C)C)CC1.I. The quantitative estimate of drug-likeness (QED) is 0.261. The molecular formula is C22H37IN4O2. The predicted molar refractivity (Wildman–Crippen MR) is 130 cm³/mol. The minimum atomic E-state index is -0.0618. The number of benzene rings is 1. The molecular weight excluding hydrogens is 479 g/mol. The lowest BCUT2D eigenvalue weighted by atomic mass is 9.97. The Kier molecular flexibility index (Phi) is 11.6. The average molecular weight is 516 g/mol. The van der Waals surface area contributed by atoms with Gasteiger partial charge in [0.05, 0.1) is 18.6 Å². The molecule has 7 heteroatoms. The molecule has 2 rings (SSSR count). The molecule has 6 nitrogen and oxygen atoms in total. The molecule has 0 saturated carbocycles. The first-order valence-electron chi connectivity index (χ1n) is 10.4. The number of halogens is 1. The third-order valence-corrected chi connectivity index (χ3v) is 5.48. The minimum Gasteiger partial charge on any atom is -0.466 e. The van der Waals surface area contributed by atoms with Gasteiger partial charge < -0.3 is 19.9 Å². The summed E-state index contributed by atoms with van der Waals surface area (Å²) in [7, 11) is 6.03. The molecule has 0 aliphatic carbocycles. The van der Waals surface area contributed by atoms with Gasteiger partial charge in [-0.2, -0.15) is 0 Å². The zero-order valence-corrected chi connectivity index (χ0v) is 20.8. The lowest BCUT2D eigenvalue weighted by Gasteiger charge is -2.34. The zero-order chi connectivity index (χ0) is 20.5. The van der Waals surface area contributed by atoms with Crippen molar-refractivity contribution in [1.29, 1.82) is 0 Å². The van der Waals surface area contributed by atoms with Crippen LogP contribution in [0.25, 0.3) is 0 Å². The van der Waals surface area contributed by atoms with Crippen molar-refractivity contribution >= 4 is 35.9 Å². The second kappa shape index (κ2) is 13.1. The number of likely N-dealkylation sites (tertiary alicyclic amines) is 1. The summed E-state index contributed by atoms with van der Waals surface area (Å²) >= 11 is 0. The molecule has 1 atom stereocenters. The van der Waals surface area contributed by atoms with Crippen molar-refractivity contribution in [1.82, 2.24) is 15.1 Å². The monoisotopic (exact) mass is 516 g/mol. The molecule has 1 N–H and O–H groups in total. The van der Waals surface area contributed by atoms with Crippen LogP contribution in [-0.2, 0) is 16.0 Å². The van der Waals surface area contributed by atoms with E-state index in [0.29, 0.717) is 6.61 Å². The highest BCUT2D eigenvalue weighted by atomic mass is 127. The summed E-state index contributed by atoms with van der Waals surface area (Å²) in [4.78, 5) is 20.9. The fraction of sp³-hybridized carbons (Fsp3) is 0.636. The van der Waals surface area contributed by atoms with E-state index in [1.54, 1.807) is 0 Å². The molecule has 1 aromatic carbocycles. The van der Waals surface area contributed by atoms with Gasteiger partial charge in [0.25, 0.3) is 0 Å². The second-order valence-electron chi connectivity index (χ2n) is 7.52. The number of esters is 1. The molecule has 1 saturated heterocycles. The average Bonchev–Trinajstić information content (AvgIpc) is 2.71. The number of rotatable bonds is 7. The number of guanidine groups is 1. The van der Waals surface area contributed by atoms with Gasteiger partial charge in [0.15, 0.2) is 5.96 Å². The molecule has 1 heterocycles. The van der Waals surface area contributed by atoms with Crippen LogP contribution in [0.15, 0.2) is 29.3 Å². The van der Waals surface area contributed by atoms with E-state index in [2.05, 4.69) is 65.4 Å². The van der Waals surface area contributed by atoms with E-state index in [1.807, 2.05) is 14.0 Å². The molecule has 0 amide bonds. The maximum Gasteiger partial charge on any atom is 0.309 e. The number of carbonyl (C=O) groups is 1.